The number of fused-ring (bicyclic) bond motifs is 1. The summed E-state index contributed by atoms with van der Waals surface area (Å²) in [6.45, 7) is 4.81. The van der Waals surface area contributed by atoms with Gasteiger partial charge in [0.2, 0.25) is 0 Å². The summed E-state index contributed by atoms with van der Waals surface area (Å²) in [5.74, 6) is 1.99. The van der Waals surface area contributed by atoms with Gasteiger partial charge in [-0.3, -0.25) is 4.99 Å². The molecule has 0 bridgehead atoms. The maximum Gasteiger partial charge on any atom is 0.129 e. The number of aliphatic imine (C=N–C) groups is 1. The first-order valence-electron chi connectivity index (χ1n) is 8.33. The van der Waals surface area contributed by atoms with E-state index < -0.39 is 0 Å². The highest BCUT2D eigenvalue weighted by atomic mass is 16.5. The zero-order valence-corrected chi connectivity index (χ0v) is 13.3. The number of rotatable bonds is 7. The minimum absolute atomic E-state index is 0.794. The third-order valence-corrected chi connectivity index (χ3v) is 4.07. The summed E-state index contributed by atoms with van der Waals surface area (Å²) >= 11 is 0. The Morgan fingerprint density at radius 2 is 1.91 bits per heavy atom. The lowest BCUT2D eigenvalue weighted by Crippen LogP contribution is -2.19. The Kier molecular flexibility index (Phi) is 4.94. The van der Waals surface area contributed by atoms with Crippen LogP contribution in [-0.2, 0) is 0 Å². The van der Waals surface area contributed by atoms with E-state index in [1.807, 2.05) is 0 Å². The molecule has 2 aromatic rings. The second-order valence-electron chi connectivity index (χ2n) is 5.72. The van der Waals surface area contributed by atoms with E-state index in [1.165, 1.54) is 35.6 Å². The van der Waals surface area contributed by atoms with Crippen LogP contribution in [-0.4, -0.2) is 25.5 Å². The lowest BCUT2D eigenvalue weighted by Gasteiger charge is -2.13. The van der Waals surface area contributed by atoms with Crippen LogP contribution in [0.1, 0.15) is 38.2 Å². The molecule has 0 saturated carbocycles. The van der Waals surface area contributed by atoms with Crippen LogP contribution in [0.5, 0.6) is 5.75 Å². The molecule has 0 aliphatic carbocycles. The van der Waals surface area contributed by atoms with Crippen LogP contribution in [0.2, 0.25) is 0 Å². The Hall–Kier alpha value is -2.03. The van der Waals surface area contributed by atoms with E-state index >= 15 is 0 Å². The topological polar surface area (TPSA) is 33.6 Å². The fourth-order valence-corrected chi connectivity index (χ4v) is 2.89. The van der Waals surface area contributed by atoms with Gasteiger partial charge in [-0.1, -0.05) is 50.5 Å². The Balaban J connectivity index is 1.82. The smallest absolute Gasteiger partial charge is 0.129 e. The van der Waals surface area contributed by atoms with Gasteiger partial charge in [0.15, 0.2) is 0 Å². The predicted octanol–water partition coefficient (Wildman–Crippen LogP) is 4.15. The van der Waals surface area contributed by atoms with Gasteiger partial charge < -0.3 is 10.1 Å². The van der Waals surface area contributed by atoms with Crippen LogP contribution in [0.25, 0.3) is 10.8 Å². The van der Waals surface area contributed by atoms with E-state index in [1.54, 1.807) is 0 Å². The SMILES string of the molecule is CCCCCCOc1ccc(C2=NCCN2)c2ccccc12. The quantitative estimate of drug-likeness (QED) is 0.779. The molecule has 0 atom stereocenters. The second kappa shape index (κ2) is 7.30. The van der Waals surface area contributed by atoms with E-state index in [0.717, 1.165) is 37.7 Å². The van der Waals surface area contributed by atoms with Crippen molar-refractivity contribution in [2.75, 3.05) is 19.7 Å². The first-order valence-corrected chi connectivity index (χ1v) is 8.33. The Morgan fingerprint density at radius 3 is 2.68 bits per heavy atom. The summed E-state index contributed by atoms with van der Waals surface area (Å²) in [6, 6.07) is 12.6. The zero-order chi connectivity index (χ0) is 15.2. The summed E-state index contributed by atoms with van der Waals surface area (Å²) in [7, 11) is 0. The van der Waals surface area contributed by atoms with Crippen molar-refractivity contribution in [2.45, 2.75) is 32.6 Å². The molecule has 3 heteroatoms. The van der Waals surface area contributed by atoms with Gasteiger partial charge in [0.25, 0.3) is 0 Å². The summed E-state index contributed by atoms with van der Waals surface area (Å²) in [6.07, 6.45) is 4.91. The van der Waals surface area contributed by atoms with Crippen LogP contribution in [0.4, 0.5) is 0 Å². The molecule has 1 N–H and O–H groups in total. The molecular weight excluding hydrogens is 272 g/mol. The van der Waals surface area contributed by atoms with Crippen LogP contribution in [0.3, 0.4) is 0 Å². The highest BCUT2D eigenvalue weighted by Gasteiger charge is 2.13. The van der Waals surface area contributed by atoms with Crippen molar-refractivity contribution in [2.24, 2.45) is 4.99 Å². The van der Waals surface area contributed by atoms with Crippen LogP contribution in [0, 0.1) is 0 Å². The Labute approximate surface area is 132 Å². The van der Waals surface area contributed by atoms with Gasteiger partial charge in [-0.05, 0) is 23.9 Å². The zero-order valence-electron chi connectivity index (χ0n) is 13.3. The number of ether oxygens (including phenoxy) is 1. The maximum atomic E-state index is 6.02. The van der Waals surface area contributed by atoms with Gasteiger partial charge in [0.05, 0.1) is 13.2 Å². The average Bonchev–Trinajstić information content (AvgIpc) is 3.09. The van der Waals surface area contributed by atoms with Gasteiger partial charge in [0, 0.05) is 17.5 Å². The number of nitrogens with zero attached hydrogens (tertiary/aromatic N) is 1. The Morgan fingerprint density at radius 1 is 1.05 bits per heavy atom. The van der Waals surface area contributed by atoms with Crippen LogP contribution in [0.15, 0.2) is 41.4 Å². The summed E-state index contributed by atoms with van der Waals surface area (Å²) in [4.78, 5) is 4.55. The first-order chi connectivity index (χ1) is 10.9. The van der Waals surface area contributed by atoms with E-state index in [0.29, 0.717) is 0 Å². The average molecular weight is 296 g/mol. The summed E-state index contributed by atoms with van der Waals surface area (Å²) in [5.41, 5.74) is 1.17. The molecule has 2 aromatic carbocycles. The lowest BCUT2D eigenvalue weighted by atomic mass is 10.0. The molecule has 3 rings (SSSR count). The van der Waals surface area contributed by atoms with Crippen molar-refractivity contribution in [1.29, 1.82) is 0 Å². The summed E-state index contributed by atoms with van der Waals surface area (Å²) < 4.78 is 6.02. The predicted molar refractivity (Wildman–Crippen MR) is 93.0 cm³/mol. The molecule has 0 spiro atoms. The third kappa shape index (κ3) is 3.24. The number of unbranched alkanes of at least 4 members (excludes halogenated alkanes) is 3. The molecule has 1 heterocycles. The molecular formula is C19H24N2O. The van der Waals surface area contributed by atoms with E-state index in [-0.39, 0.29) is 0 Å². The van der Waals surface area contributed by atoms with Gasteiger partial charge >= 0.3 is 0 Å². The number of nitrogens with one attached hydrogen (secondary N) is 1. The van der Waals surface area contributed by atoms with Gasteiger partial charge in [-0.15, -0.1) is 0 Å². The normalized spacial score (nSPS) is 14.0. The first kappa shape index (κ1) is 14.9. The van der Waals surface area contributed by atoms with Crippen molar-refractivity contribution in [1.82, 2.24) is 5.32 Å². The van der Waals surface area contributed by atoms with Gasteiger partial charge in [-0.2, -0.15) is 0 Å². The van der Waals surface area contributed by atoms with Crippen molar-refractivity contribution in [3.05, 3.63) is 42.0 Å². The maximum absolute atomic E-state index is 6.02. The molecule has 116 valence electrons. The third-order valence-electron chi connectivity index (χ3n) is 4.07. The molecule has 22 heavy (non-hydrogen) atoms. The van der Waals surface area contributed by atoms with Crippen LogP contribution < -0.4 is 10.1 Å². The molecule has 1 aliphatic rings. The number of benzene rings is 2. The van der Waals surface area contributed by atoms with Crippen molar-refractivity contribution in [3.63, 3.8) is 0 Å². The molecule has 0 radical (unpaired) electrons. The van der Waals surface area contributed by atoms with E-state index in [9.17, 15) is 0 Å². The second-order valence-corrected chi connectivity index (χ2v) is 5.72. The minimum Gasteiger partial charge on any atom is -0.493 e. The lowest BCUT2D eigenvalue weighted by molar-refractivity contribution is 0.308. The van der Waals surface area contributed by atoms with Crippen molar-refractivity contribution in [3.8, 4) is 5.75 Å². The molecule has 0 fully saturated rings. The minimum atomic E-state index is 0.794. The molecule has 3 nitrogen and oxygen atoms in total. The molecule has 0 unspecified atom stereocenters. The molecule has 0 saturated heterocycles. The van der Waals surface area contributed by atoms with E-state index in [4.69, 9.17) is 4.74 Å². The molecule has 0 amide bonds. The van der Waals surface area contributed by atoms with Crippen molar-refractivity contribution < 1.29 is 4.74 Å². The monoisotopic (exact) mass is 296 g/mol. The number of hydrogen-bond donors (Lipinski definition) is 1. The van der Waals surface area contributed by atoms with Gasteiger partial charge in [-0.25, -0.2) is 0 Å². The highest BCUT2D eigenvalue weighted by Crippen LogP contribution is 2.29. The van der Waals surface area contributed by atoms with Crippen LogP contribution >= 0.6 is 0 Å². The largest absolute Gasteiger partial charge is 0.493 e. The fourth-order valence-electron chi connectivity index (χ4n) is 2.89. The standard InChI is InChI=1S/C19H24N2O/c1-2-3-4-7-14-22-18-11-10-17(19-20-12-13-21-19)15-8-5-6-9-16(15)18/h5-6,8-11H,2-4,7,12-14H2,1H3,(H,20,21). The van der Waals surface area contributed by atoms with Crippen molar-refractivity contribution >= 4 is 16.6 Å². The molecule has 0 aromatic heterocycles. The molecule has 1 aliphatic heterocycles. The number of amidine groups is 1. The fraction of sp³-hybridized carbons (Fsp3) is 0.421. The Bertz CT molecular complexity index is 664. The van der Waals surface area contributed by atoms with E-state index in [2.05, 4.69) is 53.6 Å². The number of hydrogen-bond acceptors (Lipinski definition) is 3. The highest BCUT2D eigenvalue weighted by molar-refractivity contribution is 6.11. The van der Waals surface area contributed by atoms with Gasteiger partial charge in [0.1, 0.15) is 11.6 Å². The summed E-state index contributed by atoms with van der Waals surface area (Å²) in [5, 5.41) is 5.74.